The first kappa shape index (κ1) is 23.4. The maximum absolute atomic E-state index is 12.9. The predicted molar refractivity (Wildman–Crippen MR) is 127 cm³/mol. The second kappa shape index (κ2) is 10.9. The number of carbonyl (C=O) groups excluding carboxylic acids is 2. The number of tetrazole rings is 1. The highest BCUT2D eigenvalue weighted by atomic mass is 32.2. The van der Waals surface area contributed by atoms with Gasteiger partial charge in [0.2, 0.25) is 11.1 Å². The Morgan fingerprint density at radius 3 is 2.38 bits per heavy atom. The first-order valence-corrected chi connectivity index (χ1v) is 11.8. The topological polar surface area (TPSA) is 120 Å². The van der Waals surface area contributed by atoms with E-state index >= 15 is 0 Å². The fraction of sp³-hybridized carbons (Fsp3) is 0.304. The standard InChI is InChI=1S/C23H24N8O2S/c1-29-23(26-27-28-29)34-16-21(32)25-20-8-6-19(7-9-20)22(33)31-12-10-30(11-13-31)15-18-4-2-17(14-24)3-5-18/h2-9H,10-13,15-16H2,1H3,(H,25,32). The minimum Gasteiger partial charge on any atom is -0.336 e. The molecule has 10 nitrogen and oxygen atoms in total. The van der Waals surface area contributed by atoms with Crippen LogP contribution in [0.5, 0.6) is 0 Å². The molecule has 0 aliphatic carbocycles. The van der Waals surface area contributed by atoms with Gasteiger partial charge in [-0.3, -0.25) is 14.5 Å². The molecule has 0 saturated carbocycles. The summed E-state index contributed by atoms with van der Waals surface area (Å²) < 4.78 is 1.51. The first-order chi connectivity index (χ1) is 16.5. The van der Waals surface area contributed by atoms with Crippen LogP contribution < -0.4 is 5.32 Å². The van der Waals surface area contributed by atoms with Crippen LogP contribution in [0.1, 0.15) is 21.5 Å². The highest BCUT2D eigenvalue weighted by Gasteiger charge is 2.22. The molecule has 1 aliphatic rings. The quantitative estimate of drug-likeness (QED) is 0.513. The number of hydrogen-bond donors (Lipinski definition) is 1. The number of hydrogen-bond acceptors (Lipinski definition) is 8. The van der Waals surface area contributed by atoms with Crippen molar-refractivity contribution < 1.29 is 9.59 Å². The van der Waals surface area contributed by atoms with Crippen molar-refractivity contribution in [2.75, 3.05) is 37.2 Å². The zero-order chi connectivity index (χ0) is 23.9. The lowest BCUT2D eigenvalue weighted by atomic mass is 10.1. The van der Waals surface area contributed by atoms with Crippen LogP contribution in [0.3, 0.4) is 0 Å². The molecule has 0 radical (unpaired) electrons. The van der Waals surface area contributed by atoms with E-state index in [0.29, 0.717) is 35.1 Å². The Morgan fingerprint density at radius 2 is 1.76 bits per heavy atom. The van der Waals surface area contributed by atoms with Crippen molar-refractivity contribution in [1.82, 2.24) is 30.0 Å². The third kappa shape index (κ3) is 5.98. The van der Waals surface area contributed by atoms with Crippen LogP contribution in [0, 0.1) is 11.3 Å². The van der Waals surface area contributed by atoms with Crippen LogP contribution >= 0.6 is 11.8 Å². The van der Waals surface area contributed by atoms with E-state index in [-0.39, 0.29) is 17.6 Å². The van der Waals surface area contributed by atoms with Crippen LogP contribution in [0.25, 0.3) is 0 Å². The Kier molecular flexibility index (Phi) is 7.51. The Balaban J connectivity index is 1.23. The number of nitrogens with zero attached hydrogens (tertiary/aromatic N) is 7. The molecule has 1 fully saturated rings. The van der Waals surface area contributed by atoms with Crippen molar-refractivity contribution in [2.24, 2.45) is 7.05 Å². The molecule has 2 heterocycles. The monoisotopic (exact) mass is 476 g/mol. The average molecular weight is 477 g/mol. The van der Waals surface area contributed by atoms with Gasteiger partial charge in [-0.15, -0.1) is 5.10 Å². The molecule has 174 valence electrons. The average Bonchev–Trinajstić information content (AvgIpc) is 3.28. The van der Waals surface area contributed by atoms with Gasteiger partial charge in [0.15, 0.2) is 0 Å². The smallest absolute Gasteiger partial charge is 0.253 e. The molecule has 4 rings (SSSR count). The Morgan fingerprint density at radius 1 is 1.06 bits per heavy atom. The van der Waals surface area contributed by atoms with Crippen LogP contribution in [0.15, 0.2) is 53.7 Å². The molecule has 3 aromatic rings. The van der Waals surface area contributed by atoms with Crippen molar-refractivity contribution in [2.45, 2.75) is 11.7 Å². The van der Waals surface area contributed by atoms with E-state index in [2.05, 4.69) is 31.8 Å². The molecule has 11 heteroatoms. The second-order valence-corrected chi connectivity index (χ2v) is 8.82. The largest absolute Gasteiger partial charge is 0.336 e. The van der Waals surface area contributed by atoms with Crippen molar-refractivity contribution in [3.05, 3.63) is 65.2 Å². The maximum atomic E-state index is 12.9. The predicted octanol–water partition coefficient (Wildman–Crippen LogP) is 1.77. The summed E-state index contributed by atoms with van der Waals surface area (Å²) in [5.41, 5.74) is 3.04. The number of carbonyl (C=O) groups is 2. The number of aromatic nitrogens is 4. The summed E-state index contributed by atoms with van der Waals surface area (Å²) in [7, 11) is 1.71. The molecule has 34 heavy (non-hydrogen) atoms. The van der Waals surface area contributed by atoms with Crippen LogP contribution in [0.2, 0.25) is 0 Å². The van der Waals surface area contributed by atoms with Crippen LogP contribution in [-0.2, 0) is 18.4 Å². The van der Waals surface area contributed by atoms with Crippen LogP contribution in [0.4, 0.5) is 5.69 Å². The van der Waals surface area contributed by atoms with E-state index in [1.54, 1.807) is 31.3 Å². The lowest BCUT2D eigenvalue weighted by Crippen LogP contribution is -2.48. The zero-order valence-electron chi connectivity index (χ0n) is 18.7. The molecule has 1 saturated heterocycles. The summed E-state index contributed by atoms with van der Waals surface area (Å²) in [6, 6.07) is 16.7. The number of piperazine rings is 1. The summed E-state index contributed by atoms with van der Waals surface area (Å²) in [5, 5.41) is 23.4. The lowest BCUT2D eigenvalue weighted by molar-refractivity contribution is -0.113. The third-order valence-corrected chi connectivity index (χ3v) is 6.49. The molecule has 2 amide bonds. The van der Waals surface area contributed by atoms with Crippen molar-refractivity contribution in [3.63, 3.8) is 0 Å². The van der Waals surface area contributed by atoms with E-state index in [1.165, 1.54) is 16.4 Å². The van der Waals surface area contributed by atoms with Crippen molar-refractivity contribution in [3.8, 4) is 6.07 Å². The SMILES string of the molecule is Cn1nnnc1SCC(=O)Nc1ccc(C(=O)N2CCN(Cc3ccc(C#N)cc3)CC2)cc1. The minimum atomic E-state index is -0.175. The van der Waals surface area contributed by atoms with E-state index in [0.717, 1.165) is 25.2 Å². The molecule has 2 aromatic carbocycles. The number of anilines is 1. The van der Waals surface area contributed by atoms with Crippen molar-refractivity contribution in [1.29, 1.82) is 5.26 Å². The number of amides is 2. The van der Waals surface area contributed by atoms with Gasteiger partial charge in [-0.1, -0.05) is 23.9 Å². The summed E-state index contributed by atoms with van der Waals surface area (Å²) in [6.45, 7) is 3.69. The van der Waals surface area contributed by atoms with Gasteiger partial charge in [-0.25, -0.2) is 4.68 Å². The summed E-state index contributed by atoms with van der Waals surface area (Å²) >= 11 is 1.25. The van der Waals surface area contributed by atoms with E-state index < -0.39 is 0 Å². The van der Waals surface area contributed by atoms with Gasteiger partial charge >= 0.3 is 0 Å². The second-order valence-electron chi connectivity index (χ2n) is 7.88. The molecule has 0 unspecified atom stereocenters. The molecule has 1 aromatic heterocycles. The van der Waals surface area contributed by atoms with E-state index in [4.69, 9.17) is 5.26 Å². The van der Waals surface area contributed by atoms with Crippen molar-refractivity contribution >= 4 is 29.3 Å². The number of nitrogens with one attached hydrogen (secondary N) is 1. The lowest BCUT2D eigenvalue weighted by Gasteiger charge is -2.34. The number of benzene rings is 2. The fourth-order valence-electron chi connectivity index (χ4n) is 3.60. The van der Waals surface area contributed by atoms with Gasteiger partial charge in [0.1, 0.15) is 0 Å². The Bertz CT molecular complexity index is 1180. The molecular weight excluding hydrogens is 452 g/mol. The molecule has 1 aliphatic heterocycles. The molecular formula is C23H24N8O2S. The fourth-order valence-corrected chi connectivity index (χ4v) is 4.25. The van der Waals surface area contributed by atoms with Gasteiger partial charge in [-0.05, 0) is 52.4 Å². The van der Waals surface area contributed by atoms with Gasteiger partial charge in [0.25, 0.3) is 5.91 Å². The minimum absolute atomic E-state index is 0.0127. The third-order valence-electron chi connectivity index (χ3n) is 5.48. The molecule has 0 bridgehead atoms. The van der Waals surface area contributed by atoms with Gasteiger partial charge in [0, 0.05) is 51.0 Å². The highest BCUT2D eigenvalue weighted by Crippen LogP contribution is 2.16. The van der Waals surface area contributed by atoms with E-state index in [9.17, 15) is 9.59 Å². The first-order valence-electron chi connectivity index (χ1n) is 10.8. The van der Waals surface area contributed by atoms with Gasteiger partial charge < -0.3 is 10.2 Å². The molecule has 0 spiro atoms. The number of thioether (sulfide) groups is 1. The number of aryl methyl sites for hydroxylation is 1. The van der Waals surface area contributed by atoms with Crippen LogP contribution in [-0.4, -0.2) is 73.8 Å². The van der Waals surface area contributed by atoms with E-state index in [1.807, 2.05) is 29.2 Å². The number of rotatable bonds is 7. The molecule has 1 N–H and O–H groups in total. The number of nitriles is 1. The molecule has 0 atom stereocenters. The summed E-state index contributed by atoms with van der Waals surface area (Å²) in [4.78, 5) is 29.2. The maximum Gasteiger partial charge on any atom is 0.253 e. The zero-order valence-corrected chi connectivity index (χ0v) is 19.5. The Hall–Kier alpha value is -3.75. The van der Waals surface area contributed by atoms with Gasteiger partial charge in [0.05, 0.1) is 17.4 Å². The highest BCUT2D eigenvalue weighted by molar-refractivity contribution is 7.99. The Labute approximate surface area is 201 Å². The summed E-state index contributed by atoms with van der Waals surface area (Å²) in [6.07, 6.45) is 0. The van der Waals surface area contributed by atoms with Gasteiger partial charge in [-0.2, -0.15) is 5.26 Å². The normalized spacial score (nSPS) is 13.9. The summed E-state index contributed by atoms with van der Waals surface area (Å²) in [5.74, 6) is -0.00606.